The Hall–Kier alpha value is -3.42. The van der Waals surface area contributed by atoms with Crippen LogP contribution in [0.2, 0.25) is 0 Å². The van der Waals surface area contributed by atoms with Gasteiger partial charge in [-0.1, -0.05) is 12.1 Å². The maximum atomic E-state index is 12.1. The Labute approximate surface area is 156 Å². The number of para-hydroxylation sites is 2. The molecule has 2 amide bonds. The second kappa shape index (κ2) is 8.31. The summed E-state index contributed by atoms with van der Waals surface area (Å²) in [6.45, 7) is 2.04. The van der Waals surface area contributed by atoms with Crippen LogP contribution < -0.4 is 15.5 Å². The summed E-state index contributed by atoms with van der Waals surface area (Å²) < 4.78 is 0. The van der Waals surface area contributed by atoms with Gasteiger partial charge in [0.1, 0.15) is 5.69 Å². The van der Waals surface area contributed by atoms with Crippen LogP contribution in [0.3, 0.4) is 0 Å². The van der Waals surface area contributed by atoms with Crippen molar-refractivity contribution in [3.8, 4) is 0 Å². The van der Waals surface area contributed by atoms with Crippen molar-refractivity contribution in [1.29, 1.82) is 0 Å². The third-order valence-electron chi connectivity index (χ3n) is 4.40. The van der Waals surface area contributed by atoms with Crippen LogP contribution in [0.25, 0.3) is 0 Å². The summed E-state index contributed by atoms with van der Waals surface area (Å²) in [7, 11) is 0. The maximum Gasteiger partial charge on any atom is 0.314 e. The molecular weight excluding hydrogens is 348 g/mol. The van der Waals surface area contributed by atoms with Crippen molar-refractivity contribution in [3.63, 3.8) is 0 Å². The smallest absolute Gasteiger partial charge is 0.314 e. The van der Waals surface area contributed by atoms with Gasteiger partial charge < -0.3 is 15.5 Å². The molecule has 0 atom stereocenters. The van der Waals surface area contributed by atoms with Crippen LogP contribution in [0.5, 0.6) is 0 Å². The first-order chi connectivity index (χ1) is 13.0. The number of nitrogens with one attached hydrogen (secondary N) is 2. The molecule has 0 aromatic heterocycles. The summed E-state index contributed by atoms with van der Waals surface area (Å²) in [5.74, 6) is -1.86. The average molecular weight is 368 g/mol. The predicted octanol–water partition coefficient (Wildman–Crippen LogP) is 3.16. The summed E-state index contributed by atoms with van der Waals surface area (Å²) in [6.07, 6.45) is 3.59. The van der Waals surface area contributed by atoms with E-state index in [4.69, 9.17) is 0 Å². The largest absolute Gasteiger partial charge is 0.372 e. The van der Waals surface area contributed by atoms with E-state index < -0.39 is 16.7 Å². The molecule has 1 saturated heterocycles. The summed E-state index contributed by atoms with van der Waals surface area (Å²) in [6, 6.07) is 12.9. The third-order valence-corrected chi connectivity index (χ3v) is 4.40. The van der Waals surface area contributed by atoms with Crippen molar-refractivity contribution < 1.29 is 14.5 Å². The molecule has 1 heterocycles. The fraction of sp³-hybridized carbons (Fsp3) is 0.263. The topological polar surface area (TPSA) is 105 Å². The summed E-state index contributed by atoms with van der Waals surface area (Å²) in [5.41, 5.74) is 1.27. The molecule has 27 heavy (non-hydrogen) atoms. The number of nitro groups is 1. The van der Waals surface area contributed by atoms with Gasteiger partial charge in [-0.05, 0) is 49.6 Å². The zero-order valence-corrected chi connectivity index (χ0v) is 14.7. The van der Waals surface area contributed by atoms with Gasteiger partial charge in [-0.2, -0.15) is 0 Å². The lowest BCUT2D eigenvalue weighted by atomic mass is 10.1. The molecule has 8 heteroatoms. The number of carbonyl (C=O) groups excluding carboxylic acids is 2. The molecule has 0 bridgehead atoms. The molecule has 0 aliphatic carbocycles. The van der Waals surface area contributed by atoms with Gasteiger partial charge in [-0.15, -0.1) is 0 Å². The standard InChI is InChI=1S/C19H20N4O4/c24-18(19(25)21-16-6-2-3-7-17(16)23(26)27)20-14-8-10-15(11-9-14)22-12-4-1-5-13-22/h2-3,6-11H,1,4-5,12-13H2,(H,20,24)(H,21,25). The highest BCUT2D eigenvalue weighted by atomic mass is 16.6. The van der Waals surface area contributed by atoms with Crippen LogP contribution in [-0.2, 0) is 9.59 Å². The van der Waals surface area contributed by atoms with Crippen molar-refractivity contribution in [2.75, 3.05) is 28.6 Å². The molecule has 3 rings (SSSR count). The molecule has 0 spiro atoms. The number of benzene rings is 2. The SMILES string of the molecule is O=C(Nc1ccc(N2CCCCC2)cc1)C(=O)Nc1ccccc1[N+](=O)[O-]. The minimum Gasteiger partial charge on any atom is -0.372 e. The number of amides is 2. The Kier molecular flexibility index (Phi) is 5.65. The monoisotopic (exact) mass is 368 g/mol. The molecule has 2 aromatic rings. The van der Waals surface area contributed by atoms with Crippen molar-refractivity contribution in [1.82, 2.24) is 0 Å². The van der Waals surface area contributed by atoms with Crippen molar-refractivity contribution >= 4 is 34.6 Å². The molecule has 8 nitrogen and oxygen atoms in total. The highest BCUT2D eigenvalue weighted by Gasteiger charge is 2.19. The number of piperidine rings is 1. The summed E-state index contributed by atoms with van der Waals surface area (Å²) >= 11 is 0. The normalized spacial score (nSPS) is 13.7. The van der Waals surface area contributed by atoms with E-state index in [2.05, 4.69) is 15.5 Å². The Morgan fingerprint density at radius 2 is 1.52 bits per heavy atom. The third kappa shape index (κ3) is 4.60. The molecular formula is C19H20N4O4. The number of nitro benzene ring substituents is 1. The molecule has 2 N–H and O–H groups in total. The van der Waals surface area contributed by atoms with Crippen molar-refractivity contribution in [2.24, 2.45) is 0 Å². The summed E-state index contributed by atoms with van der Waals surface area (Å²) in [4.78, 5) is 36.8. The molecule has 140 valence electrons. The van der Waals surface area contributed by atoms with E-state index in [1.807, 2.05) is 12.1 Å². The molecule has 1 aliphatic rings. The van der Waals surface area contributed by atoms with E-state index in [-0.39, 0.29) is 11.4 Å². The predicted molar refractivity (Wildman–Crippen MR) is 103 cm³/mol. The van der Waals surface area contributed by atoms with Crippen LogP contribution >= 0.6 is 0 Å². The Morgan fingerprint density at radius 1 is 0.889 bits per heavy atom. The van der Waals surface area contributed by atoms with Crippen LogP contribution in [0.15, 0.2) is 48.5 Å². The minimum absolute atomic E-state index is 0.0249. The van der Waals surface area contributed by atoms with Gasteiger partial charge >= 0.3 is 11.8 Å². The van der Waals surface area contributed by atoms with Gasteiger partial charge in [0.05, 0.1) is 4.92 Å². The van der Waals surface area contributed by atoms with Gasteiger partial charge in [0.2, 0.25) is 0 Å². The summed E-state index contributed by atoms with van der Waals surface area (Å²) in [5, 5.41) is 15.8. The van der Waals surface area contributed by atoms with Gasteiger partial charge in [0.15, 0.2) is 0 Å². The highest BCUT2D eigenvalue weighted by molar-refractivity contribution is 6.43. The number of rotatable bonds is 4. The molecule has 1 fully saturated rings. The quantitative estimate of drug-likeness (QED) is 0.490. The molecule has 2 aromatic carbocycles. The lowest BCUT2D eigenvalue weighted by molar-refractivity contribution is -0.383. The molecule has 0 unspecified atom stereocenters. The van der Waals surface area contributed by atoms with Gasteiger partial charge in [0.25, 0.3) is 5.69 Å². The first kappa shape index (κ1) is 18.4. The first-order valence-electron chi connectivity index (χ1n) is 8.75. The fourth-order valence-electron chi connectivity index (χ4n) is 3.01. The van der Waals surface area contributed by atoms with E-state index in [1.165, 1.54) is 37.5 Å². The van der Waals surface area contributed by atoms with E-state index >= 15 is 0 Å². The van der Waals surface area contributed by atoms with Gasteiger partial charge in [-0.3, -0.25) is 19.7 Å². The van der Waals surface area contributed by atoms with E-state index in [9.17, 15) is 19.7 Å². The van der Waals surface area contributed by atoms with Crippen molar-refractivity contribution in [2.45, 2.75) is 19.3 Å². The fourth-order valence-corrected chi connectivity index (χ4v) is 3.01. The number of nitrogens with zero attached hydrogens (tertiary/aromatic N) is 2. The lowest BCUT2D eigenvalue weighted by Crippen LogP contribution is -2.30. The highest BCUT2D eigenvalue weighted by Crippen LogP contribution is 2.24. The average Bonchev–Trinajstić information content (AvgIpc) is 2.69. The minimum atomic E-state index is -0.968. The zero-order chi connectivity index (χ0) is 19.2. The van der Waals surface area contributed by atoms with E-state index in [0.717, 1.165) is 18.8 Å². The Balaban J connectivity index is 1.61. The zero-order valence-electron chi connectivity index (χ0n) is 14.7. The van der Waals surface area contributed by atoms with Crippen LogP contribution in [0.4, 0.5) is 22.7 Å². The van der Waals surface area contributed by atoms with Crippen LogP contribution in [-0.4, -0.2) is 29.8 Å². The van der Waals surface area contributed by atoms with Crippen LogP contribution in [0.1, 0.15) is 19.3 Å². The van der Waals surface area contributed by atoms with E-state index in [1.54, 1.807) is 18.2 Å². The Bertz CT molecular complexity index is 845. The second-order valence-electron chi connectivity index (χ2n) is 6.28. The van der Waals surface area contributed by atoms with Gasteiger partial charge in [0, 0.05) is 30.5 Å². The number of anilines is 3. The molecule has 0 saturated carbocycles. The second-order valence-corrected chi connectivity index (χ2v) is 6.28. The maximum absolute atomic E-state index is 12.1. The number of hydrogen-bond acceptors (Lipinski definition) is 5. The number of hydrogen-bond donors (Lipinski definition) is 2. The first-order valence-corrected chi connectivity index (χ1v) is 8.75. The number of carbonyl (C=O) groups is 2. The molecule has 0 radical (unpaired) electrons. The van der Waals surface area contributed by atoms with Crippen LogP contribution in [0, 0.1) is 10.1 Å². The van der Waals surface area contributed by atoms with Crippen molar-refractivity contribution in [3.05, 3.63) is 58.6 Å². The van der Waals surface area contributed by atoms with E-state index in [0.29, 0.717) is 5.69 Å². The Morgan fingerprint density at radius 3 is 2.19 bits per heavy atom. The molecule has 1 aliphatic heterocycles. The lowest BCUT2D eigenvalue weighted by Gasteiger charge is -2.28. The van der Waals surface area contributed by atoms with Gasteiger partial charge in [-0.25, -0.2) is 0 Å².